The number of rotatable bonds is 3. The van der Waals surface area contributed by atoms with Gasteiger partial charge in [-0.15, -0.1) is 11.3 Å². The number of halogens is 2. The van der Waals surface area contributed by atoms with Crippen molar-refractivity contribution in [3.8, 4) is 5.75 Å². The van der Waals surface area contributed by atoms with E-state index in [0.29, 0.717) is 19.8 Å². The predicted molar refractivity (Wildman–Crippen MR) is 88.3 cm³/mol. The summed E-state index contributed by atoms with van der Waals surface area (Å²) in [5, 5.41) is 1.99. The molecule has 3 aromatic rings. The van der Waals surface area contributed by atoms with Crippen molar-refractivity contribution in [3.05, 3.63) is 62.3 Å². The summed E-state index contributed by atoms with van der Waals surface area (Å²) >= 11 is 13.1. The topological polar surface area (TPSA) is 26.3 Å². The number of hydrogen-bond acceptors (Lipinski definition) is 3. The lowest BCUT2D eigenvalue weighted by atomic mass is 10.0. The molecule has 2 nitrogen and oxygen atoms in total. The molecule has 0 saturated carbocycles. The van der Waals surface area contributed by atoms with Gasteiger partial charge in [-0.25, -0.2) is 0 Å². The number of hydrogen-bond donors (Lipinski definition) is 0. The minimum atomic E-state index is -0.124. The van der Waals surface area contributed by atoms with E-state index in [1.165, 1.54) is 11.3 Å². The number of ketones is 1. The summed E-state index contributed by atoms with van der Waals surface area (Å²) in [6.07, 6.45) is 0. The molecule has 0 radical (unpaired) electrons. The quantitative estimate of drug-likeness (QED) is 0.594. The molecule has 0 aliphatic carbocycles. The van der Waals surface area contributed by atoms with E-state index in [4.69, 9.17) is 27.9 Å². The highest BCUT2D eigenvalue weighted by Crippen LogP contribution is 2.33. The standard InChI is InChI=1S/C16H10Cl2O2S/c1-20-12-5-4-9-6-11(3-2-10(9)7-12)15(19)13-8-14(17)21-16(13)18/h2-8H,1H3. The van der Waals surface area contributed by atoms with Crippen LogP contribution >= 0.6 is 34.5 Å². The van der Waals surface area contributed by atoms with E-state index >= 15 is 0 Å². The van der Waals surface area contributed by atoms with Crippen molar-refractivity contribution in [3.63, 3.8) is 0 Å². The average molecular weight is 337 g/mol. The Kier molecular flexibility index (Phi) is 3.89. The maximum Gasteiger partial charge on any atom is 0.195 e. The Morgan fingerprint density at radius 2 is 1.76 bits per heavy atom. The second-order valence-corrected chi connectivity index (χ2v) is 6.78. The molecule has 0 N–H and O–H groups in total. The normalized spacial score (nSPS) is 10.8. The van der Waals surface area contributed by atoms with E-state index in [2.05, 4.69) is 0 Å². The van der Waals surface area contributed by atoms with Gasteiger partial charge in [-0.3, -0.25) is 4.79 Å². The van der Waals surface area contributed by atoms with Crippen LogP contribution in [0.2, 0.25) is 8.67 Å². The average Bonchev–Trinajstić information content (AvgIpc) is 2.84. The van der Waals surface area contributed by atoms with Gasteiger partial charge < -0.3 is 4.74 Å². The zero-order valence-electron chi connectivity index (χ0n) is 11.0. The molecule has 2 aromatic carbocycles. The molecule has 5 heteroatoms. The van der Waals surface area contributed by atoms with Gasteiger partial charge in [0, 0.05) is 5.56 Å². The van der Waals surface area contributed by atoms with Crippen LogP contribution in [0.3, 0.4) is 0 Å². The number of fused-ring (bicyclic) bond motifs is 1. The van der Waals surface area contributed by atoms with Gasteiger partial charge in [-0.2, -0.15) is 0 Å². The van der Waals surface area contributed by atoms with Gasteiger partial charge >= 0.3 is 0 Å². The van der Waals surface area contributed by atoms with E-state index in [0.717, 1.165) is 16.5 Å². The molecule has 0 aliphatic rings. The Labute approximate surface area is 135 Å². The molecule has 0 fully saturated rings. The van der Waals surface area contributed by atoms with E-state index in [1.54, 1.807) is 19.2 Å². The van der Waals surface area contributed by atoms with Gasteiger partial charge in [-0.1, -0.05) is 41.4 Å². The lowest BCUT2D eigenvalue weighted by molar-refractivity contribution is 0.103. The Morgan fingerprint density at radius 3 is 2.43 bits per heavy atom. The summed E-state index contributed by atoms with van der Waals surface area (Å²) in [5.74, 6) is 0.662. The highest BCUT2D eigenvalue weighted by Gasteiger charge is 2.16. The van der Waals surface area contributed by atoms with Gasteiger partial charge in [0.05, 0.1) is 17.0 Å². The molecule has 0 saturated heterocycles. The molecule has 0 amide bonds. The first-order valence-electron chi connectivity index (χ1n) is 6.16. The molecule has 0 spiro atoms. The third-order valence-corrected chi connectivity index (χ3v) is 4.70. The highest BCUT2D eigenvalue weighted by molar-refractivity contribution is 7.20. The van der Waals surface area contributed by atoms with Crippen LogP contribution < -0.4 is 4.74 Å². The molecular formula is C16H10Cl2O2S. The molecule has 0 atom stereocenters. The molecule has 21 heavy (non-hydrogen) atoms. The monoisotopic (exact) mass is 336 g/mol. The number of carbonyl (C=O) groups excluding carboxylic acids is 1. The van der Waals surface area contributed by atoms with Crippen molar-refractivity contribution >= 4 is 51.1 Å². The first-order valence-corrected chi connectivity index (χ1v) is 7.73. The zero-order chi connectivity index (χ0) is 15.0. The van der Waals surface area contributed by atoms with Gasteiger partial charge in [0.25, 0.3) is 0 Å². The first-order chi connectivity index (χ1) is 10.1. The molecule has 1 aromatic heterocycles. The van der Waals surface area contributed by atoms with Crippen molar-refractivity contribution < 1.29 is 9.53 Å². The fourth-order valence-electron chi connectivity index (χ4n) is 2.14. The van der Waals surface area contributed by atoms with Crippen LogP contribution in [-0.2, 0) is 0 Å². The van der Waals surface area contributed by atoms with Crippen molar-refractivity contribution in [2.75, 3.05) is 7.11 Å². The van der Waals surface area contributed by atoms with Crippen LogP contribution in [0.15, 0.2) is 42.5 Å². The molecular weight excluding hydrogens is 327 g/mol. The van der Waals surface area contributed by atoms with Gasteiger partial charge in [0.15, 0.2) is 5.78 Å². The van der Waals surface area contributed by atoms with Crippen LogP contribution in [0.5, 0.6) is 5.75 Å². The highest BCUT2D eigenvalue weighted by atomic mass is 35.5. The van der Waals surface area contributed by atoms with Crippen molar-refractivity contribution in [1.82, 2.24) is 0 Å². The third-order valence-electron chi connectivity index (χ3n) is 3.21. The summed E-state index contributed by atoms with van der Waals surface area (Å²) in [4.78, 5) is 12.5. The summed E-state index contributed by atoms with van der Waals surface area (Å²) in [6.45, 7) is 0. The Hall–Kier alpha value is -1.55. The number of ether oxygens (including phenoxy) is 1. The van der Waals surface area contributed by atoms with Crippen molar-refractivity contribution in [2.24, 2.45) is 0 Å². The van der Waals surface area contributed by atoms with Crippen molar-refractivity contribution in [1.29, 1.82) is 0 Å². The number of methoxy groups -OCH3 is 1. The minimum Gasteiger partial charge on any atom is -0.497 e. The predicted octanol–water partition coefficient (Wildman–Crippen LogP) is 5.45. The number of benzene rings is 2. The van der Waals surface area contributed by atoms with E-state index in [9.17, 15) is 4.79 Å². The summed E-state index contributed by atoms with van der Waals surface area (Å²) < 4.78 is 6.11. The van der Waals surface area contributed by atoms with Gasteiger partial charge in [-0.05, 0) is 35.0 Å². The largest absolute Gasteiger partial charge is 0.497 e. The molecule has 106 valence electrons. The third kappa shape index (κ3) is 2.77. The van der Waals surface area contributed by atoms with Gasteiger partial charge in [0.2, 0.25) is 0 Å². The lowest BCUT2D eigenvalue weighted by Gasteiger charge is -2.05. The second-order valence-electron chi connectivity index (χ2n) is 4.49. The smallest absolute Gasteiger partial charge is 0.195 e. The molecule has 0 aliphatic heterocycles. The summed E-state index contributed by atoms with van der Waals surface area (Å²) in [7, 11) is 1.63. The second kappa shape index (κ2) is 5.68. The van der Waals surface area contributed by atoms with Crippen LogP contribution in [0.4, 0.5) is 0 Å². The molecule has 1 heterocycles. The maximum absolute atomic E-state index is 12.5. The van der Waals surface area contributed by atoms with Crippen LogP contribution in [0.1, 0.15) is 15.9 Å². The minimum absolute atomic E-state index is 0.124. The summed E-state index contributed by atoms with van der Waals surface area (Å²) in [6, 6.07) is 12.9. The fourth-order valence-corrected chi connectivity index (χ4v) is 3.60. The van der Waals surface area contributed by atoms with E-state index in [-0.39, 0.29) is 5.78 Å². The Bertz CT molecular complexity index is 839. The number of thiophene rings is 1. The Morgan fingerprint density at radius 1 is 1.05 bits per heavy atom. The van der Waals surface area contributed by atoms with Crippen LogP contribution in [-0.4, -0.2) is 12.9 Å². The summed E-state index contributed by atoms with van der Waals surface area (Å²) in [5.41, 5.74) is 1.03. The van der Waals surface area contributed by atoms with E-state index in [1.807, 2.05) is 30.3 Å². The molecule has 3 rings (SSSR count). The first kappa shape index (κ1) is 14.4. The molecule has 0 bridgehead atoms. The fraction of sp³-hybridized carbons (Fsp3) is 0.0625. The van der Waals surface area contributed by atoms with Crippen molar-refractivity contribution in [2.45, 2.75) is 0 Å². The SMILES string of the molecule is COc1ccc2cc(C(=O)c3cc(Cl)sc3Cl)ccc2c1. The lowest BCUT2D eigenvalue weighted by Crippen LogP contribution is -2.00. The van der Waals surface area contributed by atoms with Crippen LogP contribution in [0.25, 0.3) is 10.8 Å². The van der Waals surface area contributed by atoms with Crippen LogP contribution in [0, 0.1) is 0 Å². The zero-order valence-corrected chi connectivity index (χ0v) is 13.4. The van der Waals surface area contributed by atoms with E-state index < -0.39 is 0 Å². The molecule has 0 unspecified atom stereocenters. The maximum atomic E-state index is 12.5. The Balaban J connectivity index is 2.05. The number of carbonyl (C=O) groups is 1. The van der Waals surface area contributed by atoms with Gasteiger partial charge in [0.1, 0.15) is 10.1 Å².